The molecule has 1 atom stereocenters. The summed E-state index contributed by atoms with van der Waals surface area (Å²) in [4.78, 5) is 0. The highest BCUT2D eigenvalue weighted by atomic mass is 16.5. The molecule has 0 aliphatic carbocycles. The molecule has 1 aromatic rings. The van der Waals surface area contributed by atoms with E-state index in [4.69, 9.17) is 10.6 Å². The number of hydrazine groups is 1. The van der Waals surface area contributed by atoms with Crippen LogP contribution in [0.2, 0.25) is 0 Å². The zero-order valence-corrected chi connectivity index (χ0v) is 10.0. The van der Waals surface area contributed by atoms with Crippen LogP contribution in [0, 0.1) is 5.41 Å². The zero-order valence-electron chi connectivity index (χ0n) is 10.0. The largest absolute Gasteiger partial charge is 0.493 e. The SMILES string of the molecule is COc1cnn(C)c1C(NN)C(C)(C)C. The lowest BCUT2D eigenvalue weighted by Crippen LogP contribution is -2.38. The Labute approximate surface area is 90.6 Å². The van der Waals surface area contributed by atoms with Crippen molar-refractivity contribution >= 4 is 0 Å². The molecule has 5 heteroatoms. The van der Waals surface area contributed by atoms with Crippen LogP contribution >= 0.6 is 0 Å². The van der Waals surface area contributed by atoms with E-state index in [1.807, 2.05) is 7.05 Å². The minimum Gasteiger partial charge on any atom is -0.493 e. The molecule has 0 aliphatic rings. The molecule has 0 saturated carbocycles. The van der Waals surface area contributed by atoms with Gasteiger partial charge in [-0.1, -0.05) is 20.8 Å². The van der Waals surface area contributed by atoms with Gasteiger partial charge in [0.2, 0.25) is 0 Å². The number of rotatable bonds is 3. The third-order valence-electron chi connectivity index (χ3n) is 2.48. The van der Waals surface area contributed by atoms with Crippen molar-refractivity contribution < 1.29 is 4.74 Å². The van der Waals surface area contributed by atoms with E-state index >= 15 is 0 Å². The number of ether oxygens (including phenoxy) is 1. The Kier molecular flexibility index (Phi) is 3.36. The second kappa shape index (κ2) is 4.20. The maximum Gasteiger partial charge on any atom is 0.161 e. The van der Waals surface area contributed by atoms with Crippen LogP contribution in [0.15, 0.2) is 6.20 Å². The van der Waals surface area contributed by atoms with E-state index in [0.29, 0.717) is 0 Å². The summed E-state index contributed by atoms with van der Waals surface area (Å²) >= 11 is 0. The fraction of sp³-hybridized carbons (Fsp3) is 0.700. The van der Waals surface area contributed by atoms with Gasteiger partial charge in [-0.2, -0.15) is 5.10 Å². The highest BCUT2D eigenvalue weighted by Gasteiger charge is 2.30. The second-order valence-corrected chi connectivity index (χ2v) is 4.69. The van der Waals surface area contributed by atoms with Crippen molar-refractivity contribution in [3.05, 3.63) is 11.9 Å². The average Bonchev–Trinajstić information content (AvgIpc) is 2.47. The molecule has 86 valence electrons. The van der Waals surface area contributed by atoms with Gasteiger partial charge in [0.05, 0.1) is 25.0 Å². The number of hydrogen-bond acceptors (Lipinski definition) is 4. The molecule has 0 radical (unpaired) electrons. The summed E-state index contributed by atoms with van der Waals surface area (Å²) in [6.45, 7) is 6.35. The van der Waals surface area contributed by atoms with Gasteiger partial charge in [0.1, 0.15) is 0 Å². The van der Waals surface area contributed by atoms with Crippen LogP contribution in [0.25, 0.3) is 0 Å². The number of nitrogens with zero attached hydrogens (tertiary/aromatic N) is 2. The lowest BCUT2D eigenvalue weighted by atomic mass is 9.85. The number of aryl methyl sites for hydroxylation is 1. The lowest BCUT2D eigenvalue weighted by Gasteiger charge is -2.30. The van der Waals surface area contributed by atoms with Gasteiger partial charge in [0.15, 0.2) is 5.75 Å². The highest BCUT2D eigenvalue weighted by Crippen LogP contribution is 2.36. The first-order valence-electron chi connectivity index (χ1n) is 4.93. The molecule has 0 fully saturated rings. The molecule has 3 N–H and O–H groups in total. The standard InChI is InChI=1S/C10H20N4O/c1-10(2,3)9(13-11)8-7(15-5)6-12-14(8)4/h6,9,13H,11H2,1-5H3. The predicted molar refractivity (Wildman–Crippen MR) is 59.3 cm³/mol. The maximum absolute atomic E-state index is 5.60. The molecule has 5 nitrogen and oxygen atoms in total. The number of aromatic nitrogens is 2. The molecule has 0 aliphatic heterocycles. The smallest absolute Gasteiger partial charge is 0.161 e. The predicted octanol–water partition coefficient (Wildman–Crippen LogP) is 0.979. The summed E-state index contributed by atoms with van der Waals surface area (Å²) in [6, 6.07) is -0.0000463. The first kappa shape index (κ1) is 12.0. The van der Waals surface area contributed by atoms with Gasteiger partial charge in [-0.25, -0.2) is 0 Å². The highest BCUT2D eigenvalue weighted by molar-refractivity contribution is 5.29. The van der Waals surface area contributed by atoms with E-state index in [1.54, 1.807) is 18.0 Å². The van der Waals surface area contributed by atoms with Crippen LogP contribution in [0.5, 0.6) is 5.75 Å². The van der Waals surface area contributed by atoms with Crippen molar-refractivity contribution in [3.8, 4) is 5.75 Å². The second-order valence-electron chi connectivity index (χ2n) is 4.69. The normalized spacial score (nSPS) is 14.0. The van der Waals surface area contributed by atoms with Crippen LogP contribution in [0.1, 0.15) is 32.5 Å². The van der Waals surface area contributed by atoms with Crippen molar-refractivity contribution in [2.24, 2.45) is 18.3 Å². The van der Waals surface area contributed by atoms with Crippen molar-refractivity contribution in [2.45, 2.75) is 26.8 Å². The minimum absolute atomic E-state index is 0.0000463. The summed E-state index contributed by atoms with van der Waals surface area (Å²) in [5.41, 5.74) is 3.78. The molecule has 1 unspecified atom stereocenters. The third-order valence-corrected chi connectivity index (χ3v) is 2.48. The quantitative estimate of drug-likeness (QED) is 0.579. The lowest BCUT2D eigenvalue weighted by molar-refractivity contribution is 0.255. The number of methoxy groups -OCH3 is 1. The van der Waals surface area contributed by atoms with Gasteiger partial charge in [-0.05, 0) is 5.41 Å². The topological polar surface area (TPSA) is 65.1 Å². The van der Waals surface area contributed by atoms with E-state index in [0.717, 1.165) is 11.4 Å². The Bertz CT molecular complexity index is 327. The summed E-state index contributed by atoms with van der Waals surface area (Å²) in [5.74, 6) is 6.36. The van der Waals surface area contributed by atoms with Crippen LogP contribution in [-0.4, -0.2) is 16.9 Å². The molecular weight excluding hydrogens is 192 g/mol. The average molecular weight is 212 g/mol. The third kappa shape index (κ3) is 2.30. The Morgan fingerprint density at radius 3 is 2.53 bits per heavy atom. The van der Waals surface area contributed by atoms with Gasteiger partial charge in [-0.3, -0.25) is 16.0 Å². The number of hydrogen-bond donors (Lipinski definition) is 2. The molecule has 0 aromatic carbocycles. The molecular formula is C10H20N4O. The van der Waals surface area contributed by atoms with Gasteiger partial charge < -0.3 is 4.74 Å². The summed E-state index contributed by atoms with van der Waals surface area (Å²) in [5, 5.41) is 4.17. The molecule has 0 amide bonds. The number of nitrogens with two attached hydrogens (primary N) is 1. The van der Waals surface area contributed by atoms with Gasteiger partial charge >= 0.3 is 0 Å². The van der Waals surface area contributed by atoms with Crippen molar-refractivity contribution in [1.29, 1.82) is 0 Å². The van der Waals surface area contributed by atoms with Crippen molar-refractivity contribution in [1.82, 2.24) is 15.2 Å². The molecule has 0 spiro atoms. The fourth-order valence-corrected chi connectivity index (χ4v) is 1.65. The van der Waals surface area contributed by atoms with Gasteiger partial charge in [-0.15, -0.1) is 0 Å². The van der Waals surface area contributed by atoms with E-state index in [2.05, 4.69) is 31.3 Å². The van der Waals surface area contributed by atoms with E-state index in [1.165, 1.54) is 0 Å². The van der Waals surface area contributed by atoms with Crippen LogP contribution in [0.4, 0.5) is 0 Å². The van der Waals surface area contributed by atoms with Crippen molar-refractivity contribution in [2.75, 3.05) is 7.11 Å². The Balaban J connectivity index is 3.16. The zero-order chi connectivity index (χ0) is 11.6. The number of nitrogens with one attached hydrogen (secondary N) is 1. The van der Waals surface area contributed by atoms with Gasteiger partial charge in [0, 0.05) is 7.05 Å². The molecule has 0 bridgehead atoms. The summed E-state index contributed by atoms with van der Waals surface area (Å²) < 4.78 is 7.05. The monoisotopic (exact) mass is 212 g/mol. The Morgan fingerprint density at radius 2 is 2.13 bits per heavy atom. The minimum atomic E-state index is -0.00414. The van der Waals surface area contributed by atoms with E-state index in [-0.39, 0.29) is 11.5 Å². The Morgan fingerprint density at radius 1 is 1.53 bits per heavy atom. The summed E-state index contributed by atoms with van der Waals surface area (Å²) in [7, 11) is 3.52. The van der Waals surface area contributed by atoms with Gasteiger partial charge in [0.25, 0.3) is 0 Å². The van der Waals surface area contributed by atoms with Crippen molar-refractivity contribution in [3.63, 3.8) is 0 Å². The van der Waals surface area contributed by atoms with Crippen LogP contribution < -0.4 is 16.0 Å². The fourth-order valence-electron chi connectivity index (χ4n) is 1.65. The molecule has 15 heavy (non-hydrogen) atoms. The van der Waals surface area contributed by atoms with Crippen LogP contribution in [-0.2, 0) is 7.05 Å². The summed E-state index contributed by atoms with van der Waals surface area (Å²) in [6.07, 6.45) is 1.70. The molecule has 1 aromatic heterocycles. The van der Waals surface area contributed by atoms with E-state index < -0.39 is 0 Å². The maximum atomic E-state index is 5.60. The Hall–Kier alpha value is -1.07. The first-order valence-corrected chi connectivity index (χ1v) is 4.93. The molecule has 0 saturated heterocycles. The molecule has 1 rings (SSSR count). The first-order chi connectivity index (χ1) is 6.91. The van der Waals surface area contributed by atoms with Crippen LogP contribution in [0.3, 0.4) is 0 Å². The molecule has 1 heterocycles. The van der Waals surface area contributed by atoms with E-state index in [9.17, 15) is 0 Å².